The molecule has 0 fully saturated rings. The van der Waals surface area contributed by atoms with E-state index in [0.717, 1.165) is 24.5 Å². The summed E-state index contributed by atoms with van der Waals surface area (Å²) in [6.07, 6.45) is 1.79. The standard InChI is InChI=1S/C12H16N4S/c1-16-11(10-14-15-16)9-13-7-8-17-12-5-3-2-4-6-12/h2-6,10,13H,7-9H2,1H3. The molecule has 1 aromatic heterocycles. The van der Waals surface area contributed by atoms with Gasteiger partial charge in [-0.3, -0.25) is 4.68 Å². The van der Waals surface area contributed by atoms with Crippen molar-refractivity contribution >= 4 is 11.8 Å². The van der Waals surface area contributed by atoms with Crippen molar-refractivity contribution in [3.8, 4) is 0 Å². The maximum Gasteiger partial charge on any atom is 0.0738 e. The largest absolute Gasteiger partial charge is 0.310 e. The van der Waals surface area contributed by atoms with Gasteiger partial charge < -0.3 is 5.32 Å². The summed E-state index contributed by atoms with van der Waals surface area (Å²) in [6, 6.07) is 10.4. The fourth-order valence-electron chi connectivity index (χ4n) is 1.45. The van der Waals surface area contributed by atoms with Gasteiger partial charge in [-0.2, -0.15) is 0 Å². The summed E-state index contributed by atoms with van der Waals surface area (Å²) in [4.78, 5) is 1.32. The molecule has 0 spiro atoms. The molecule has 17 heavy (non-hydrogen) atoms. The second kappa shape index (κ2) is 6.42. The molecular weight excluding hydrogens is 232 g/mol. The third-order valence-electron chi connectivity index (χ3n) is 2.41. The molecule has 5 heteroatoms. The van der Waals surface area contributed by atoms with Gasteiger partial charge in [0.05, 0.1) is 11.9 Å². The Morgan fingerprint density at radius 1 is 1.29 bits per heavy atom. The molecule has 0 amide bonds. The number of benzene rings is 1. The second-order valence-electron chi connectivity index (χ2n) is 3.69. The minimum atomic E-state index is 0.818. The van der Waals surface area contributed by atoms with E-state index in [1.807, 2.05) is 24.9 Å². The maximum absolute atomic E-state index is 3.88. The number of aromatic nitrogens is 3. The van der Waals surface area contributed by atoms with Gasteiger partial charge in [0.25, 0.3) is 0 Å². The van der Waals surface area contributed by atoms with Crippen LogP contribution in [0.15, 0.2) is 41.4 Å². The van der Waals surface area contributed by atoms with Crippen LogP contribution in [0.4, 0.5) is 0 Å². The molecule has 2 aromatic rings. The van der Waals surface area contributed by atoms with Crippen LogP contribution in [-0.2, 0) is 13.6 Å². The zero-order valence-electron chi connectivity index (χ0n) is 9.84. The summed E-state index contributed by atoms with van der Waals surface area (Å²) in [5.74, 6) is 1.06. The monoisotopic (exact) mass is 248 g/mol. The van der Waals surface area contributed by atoms with Crippen molar-refractivity contribution in [3.63, 3.8) is 0 Å². The van der Waals surface area contributed by atoms with Crippen molar-refractivity contribution in [3.05, 3.63) is 42.2 Å². The third kappa shape index (κ3) is 3.87. The van der Waals surface area contributed by atoms with Crippen molar-refractivity contribution in [2.45, 2.75) is 11.4 Å². The first-order valence-corrected chi connectivity index (χ1v) is 6.57. The molecule has 2 rings (SSSR count). The van der Waals surface area contributed by atoms with E-state index < -0.39 is 0 Å². The highest BCUT2D eigenvalue weighted by Gasteiger charge is 1.98. The van der Waals surface area contributed by atoms with E-state index in [0.29, 0.717) is 0 Å². The molecule has 0 radical (unpaired) electrons. The molecule has 0 aliphatic heterocycles. The predicted octanol–water partition coefficient (Wildman–Crippen LogP) is 1.70. The zero-order chi connectivity index (χ0) is 11.9. The van der Waals surface area contributed by atoms with Crippen molar-refractivity contribution in [1.82, 2.24) is 20.3 Å². The van der Waals surface area contributed by atoms with Gasteiger partial charge in [-0.1, -0.05) is 23.4 Å². The summed E-state index contributed by atoms with van der Waals surface area (Å²) in [7, 11) is 1.91. The predicted molar refractivity (Wildman–Crippen MR) is 69.9 cm³/mol. The van der Waals surface area contributed by atoms with Crippen LogP contribution >= 0.6 is 11.8 Å². The Kier molecular flexibility index (Phi) is 4.58. The van der Waals surface area contributed by atoms with Crippen molar-refractivity contribution in [1.29, 1.82) is 0 Å². The van der Waals surface area contributed by atoms with E-state index in [4.69, 9.17) is 0 Å². The number of aryl methyl sites for hydroxylation is 1. The second-order valence-corrected chi connectivity index (χ2v) is 4.86. The van der Waals surface area contributed by atoms with Gasteiger partial charge in [0.2, 0.25) is 0 Å². The van der Waals surface area contributed by atoms with Crippen LogP contribution in [0.5, 0.6) is 0 Å². The lowest BCUT2D eigenvalue weighted by Crippen LogP contribution is -2.18. The van der Waals surface area contributed by atoms with Crippen LogP contribution in [0.2, 0.25) is 0 Å². The summed E-state index contributed by atoms with van der Waals surface area (Å²) < 4.78 is 1.79. The van der Waals surface area contributed by atoms with Crippen molar-refractivity contribution < 1.29 is 0 Å². The first kappa shape index (κ1) is 12.1. The number of thioether (sulfide) groups is 1. The lowest BCUT2D eigenvalue weighted by Gasteiger charge is -2.04. The molecule has 0 atom stereocenters. The third-order valence-corrected chi connectivity index (χ3v) is 3.42. The number of hydrogen-bond donors (Lipinski definition) is 1. The Balaban J connectivity index is 1.63. The van der Waals surface area contributed by atoms with Gasteiger partial charge in [0, 0.05) is 30.8 Å². The molecule has 0 saturated heterocycles. The molecule has 1 N–H and O–H groups in total. The highest BCUT2D eigenvalue weighted by molar-refractivity contribution is 7.99. The number of nitrogens with one attached hydrogen (secondary N) is 1. The summed E-state index contributed by atoms with van der Waals surface area (Å²) in [5.41, 5.74) is 1.11. The van der Waals surface area contributed by atoms with E-state index >= 15 is 0 Å². The molecule has 1 heterocycles. The molecule has 0 bridgehead atoms. The highest BCUT2D eigenvalue weighted by atomic mass is 32.2. The minimum absolute atomic E-state index is 0.818. The first-order valence-electron chi connectivity index (χ1n) is 5.58. The lowest BCUT2D eigenvalue weighted by atomic mass is 10.4. The highest BCUT2D eigenvalue weighted by Crippen LogP contribution is 2.15. The molecule has 0 unspecified atom stereocenters. The average Bonchev–Trinajstić information content (AvgIpc) is 2.76. The molecule has 0 aliphatic rings. The fourth-order valence-corrected chi connectivity index (χ4v) is 2.28. The number of nitrogens with zero attached hydrogens (tertiary/aromatic N) is 3. The Morgan fingerprint density at radius 3 is 2.82 bits per heavy atom. The first-order chi connectivity index (χ1) is 8.36. The van der Waals surface area contributed by atoms with Gasteiger partial charge in [0.1, 0.15) is 0 Å². The van der Waals surface area contributed by atoms with E-state index in [2.05, 4.69) is 39.9 Å². The van der Waals surface area contributed by atoms with E-state index in [-0.39, 0.29) is 0 Å². The van der Waals surface area contributed by atoms with Crippen LogP contribution in [-0.4, -0.2) is 27.3 Å². The van der Waals surface area contributed by atoms with Crippen LogP contribution in [0.3, 0.4) is 0 Å². The summed E-state index contributed by atoms with van der Waals surface area (Å²) in [6.45, 7) is 1.80. The lowest BCUT2D eigenvalue weighted by molar-refractivity contribution is 0.632. The molecular formula is C12H16N4S. The van der Waals surface area contributed by atoms with Crippen LogP contribution in [0.25, 0.3) is 0 Å². The van der Waals surface area contributed by atoms with Gasteiger partial charge in [-0.05, 0) is 12.1 Å². The fraction of sp³-hybridized carbons (Fsp3) is 0.333. The van der Waals surface area contributed by atoms with Crippen molar-refractivity contribution in [2.75, 3.05) is 12.3 Å². The van der Waals surface area contributed by atoms with Crippen molar-refractivity contribution in [2.24, 2.45) is 7.05 Å². The Bertz CT molecular complexity index is 441. The number of hydrogen-bond acceptors (Lipinski definition) is 4. The normalized spacial score (nSPS) is 10.6. The molecule has 0 aliphatic carbocycles. The molecule has 0 saturated carbocycles. The van der Waals surface area contributed by atoms with E-state index in [1.165, 1.54) is 4.90 Å². The van der Waals surface area contributed by atoms with Gasteiger partial charge in [0.15, 0.2) is 0 Å². The molecule has 90 valence electrons. The zero-order valence-corrected chi connectivity index (χ0v) is 10.7. The Morgan fingerprint density at radius 2 is 2.12 bits per heavy atom. The van der Waals surface area contributed by atoms with E-state index in [9.17, 15) is 0 Å². The Labute approximate surface area is 105 Å². The quantitative estimate of drug-likeness (QED) is 0.624. The van der Waals surface area contributed by atoms with Crippen LogP contribution < -0.4 is 5.32 Å². The van der Waals surface area contributed by atoms with E-state index in [1.54, 1.807) is 10.9 Å². The summed E-state index contributed by atoms with van der Waals surface area (Å²) >= 11 is 1.86. The maximum atomic E-state index is 3.88. The van der Waals surface area contributed by atoms with Gasteiger partial charge in [-0.15, -0.1) is 16.9 Å². The topological polar surface area (TPSA) is 42.7 Å². The Hall–Kier alpha value is -1.33. The minimum Gasteiger partial charge on any atom is -0.310 e. The van der Waals surface area contributed by atoms with Gasteiger partial charge in [-0.25, -0.2) is 0 Å². The van der Waals surface area contributed by atoms with Gasteiger partial charge >= 0.3 is 0 Å². The summed E-state index contributed by atoms with van der Waals surface area (Å²) in [5, 5.41) is 11.1. The van der Waals surface area contributed by atoms with Crippen LogP contribution in [0, 0.1) is 0 Å². The molecule has 1 aromatic carbocycles. The average molecular weight is 248 g/mol. The molecule has 4 nitrogen and oxygen atoms in total. The smallest absolute Gasteiger partial charge is 0.0738 e. The number of rotatable bonds is 6. The SMILES string of the molecule is Cn1nncc1CNCCSc1ccccc1. The van der Waals surface area contributed by atoms with Crippen LogP contribution in [0.1, 0.15) is 5.69 Å².